The topological polar surface area (TPSA) is 206 Å². The average molecular weight is 761 g/mol. The Bertz CT molecular complexity index is 2130. The monoisotopic (exact) mass is 760 g/mol. The van der Waals surface area contributed by atoms with Gasteiger partial charge in [-0.05, 0) is 81.3 Å². The maximum Gasteiger partial charge on any atom is 0.309 e. The number of carboxylic acids is 2. The van der Waals surface area contributed by atoms with Crippen molar-refractivity contribution in [2.24, 2.45) is 16.2 Å². The number of carbonyl (C=O) groups excluding carboxylic acids is 2. The molecule has 53 heavy (non-hydrogen) atoms. The molecule has 0 spiro atoms. The highest BCUT2D eigenvalue weighted by Gasteiger charge is 2.55. The van der Waals surface area contributed by atoms with E-state index >= 15 is 0 Å². The molecule has 4 aromatic rings. The summed E-state index contributed by atoms with van der Waals surface area (Å²) in [5, 5.41) is 42.9. The summed E-state index contributed by atoms with van der Waals surface area (Å²) in [5.74, 6) is -3.11. The summed E-state index contributed by atoms with van der Waals surface area (Å²) < 4.78 is 26.6. The zero-order valence-electron chi connectivity index (χ0n) is 28.7. The minimum absolute atomic E-state index is 0.122. The lowest BCUT2D eigenvalue weighted by molar-refractivity contribution is -0.162. The smallest absolute Gasteiger partial charge is 0.309 e. The number of carbonyl (C=O) groups is 4. The molecular formula is C37H34F2N6O6S2. The Kier molecular flexibility index (Phi) is 11.4. The summed E-state index contributed by atoms with van der Waals surface area (Å²) in [7, 11) is 0. The molecule has 3 aliphatic rings. The first kappa shape index (κ1) is 38.6. The van der Waals surface area contributed by atoms with Crippen molar-refractivity contribution in [3.63, 3.8) is 0 Å². The number of nitriles is 2. The van der Waals surface area contributed by atoms with E-state index in [1.807, 2.05) is 6.07 Å². The van der Waals surface area contributed by atoms with Crippen LogP contribution in [0.2, 0.25) is 0 Å². The Hall–Kier alpha value is -5.58. The van der Waals surface area contributed by atoms with Crippen molar-refractivity contribution in [1.29, 1.82) is 10.5 Å². The number of nitrogens with zero attached hydrogens (tertiary/aromatic N) is 4. The third kappa shape index (κ3) is 8.56. The predicted molar refractivity (Wildman–Crippen MR) is 193 cm³/mol. The lowest BCUT2D eigenvalue weighted by atomic mass is 9.53. The van der Waals surface area contributed by atoms with Crippen LogP contribution >= 0.6 is 22.7 Å². The normalized spacial score (nSPS) is 18.8. The summed E-state index contributed by atoms with van der Waals surface area (Å²) >= 11 is 2.07. The average Bonchev–Trinajstić information content (AvgIpc) is 3.75. The maximum atomic E-state index is 13.5. The molecule has 0 atom stereocenters. The number of aliphatic carboxylic acids is 2. The maximum absolute atomic E-state index is 13.5. The van der Waals surface area contributed by atoms with Crippen molar-refractivity contribution in [1.82, 2.24) is 9.97 Å². The SMILES string of the molecule is CC(C)(CCC(=O)O)C(=O)Nc1nc(-c2ccc(F)cc2)c(C#N)s1.N#Cc1sc(NC(=O)C23CCC(C(=O)O)(CC2)CC3)nc1-c1cccc(F)c1. The van der Waals surface area contributed by atoms with Crippen LogP contribution in [0.25, 0.3) is 22.5 Å². The van der Waals surface area contributed by atoms with Crippen LogP contribution < -0.4 is 10.6 Å². The fourth-order valence-corrected chi connectivity index (χ4v) is 7.97. The highest BCUT2D eigenvalue weighted by Crippen LogP contribution is 2.57. The number of nitrogens with one attached hydrogen (secondary N) is 2. The van der Waals surface area contributed by atoms with Crippen LogP contribution in [0.3, 0.4) is 0 Å². The Morgan fingerprint density at radius 1 is 0.792 bits per heavy atom. The molecule has 274 valence electrons. The number of aromatic nitrogens is 2. The quantitative estimate of drug-likeness (QED) is 0.123. The summed E-state index contributed by atoms with van der Waals surface area (Å²) in [5.41, 5.74) is -0.389. The van der Waals surface area contributed by atoms with E-state index in [4.69, 9.17) is 5.11 Å². The van der Waals surface area contributed by atoms with Crippen LogP contribution in [0.5, 0.6) is 0 Å². The Labute approximate surface area is 311 Å². The van der Waals surface area contributed by atoms with Crippen molar-refractivity contribution < 1.29 is 38.2 Å². The van der Waals surface area contributed by atoms with Gasteiger partial charge in [0.15, 0.2) is 10.3 Å². The number of carboxylic acid groups (broad SMARTS) is 2. The van der Waals surface area contributed by atoms with Crippen molar-refractivity contribution >= 4 is 56.7 Å². The Balaban J connectivity index is 0.000000206. The van der Waals surface area contributed by atoms with Crippen molar-refractivity contribution in [3.8, 4) is 34.7 Å². The van der Waals surface area contributed by atoms with Gasteiger partial charge in [0, 0.05) is 28.4 Å². The zero-order chi connectivity index (χ0) is 38.6. The van der Waals surface area contributed by atoms with Gasteiger partial charge in [0.05, 0.1) is 5.41 Å². The molecule has 2 amide bonds. The summed E-state index contributed by atoms with van der Waals surface area (Å²) in [6.07, 6.45) is 3.19. The third-order valence-electron chi connectivity index (χ3n) is 9.87. The molecule has 2 aromatic carbocycles. The van der Waals surface area contributed by atoms with Gasteiger partial charge in [-0.2, -0.15) is 10.5 Å². The van der Waals surface area contributed by atoms with Gasteiger partial charge in [-0.15, -0.1) is 0 Å². The van der Waals surface area contributed by atoms with Gasteiger partial charge in [-0.3, -0.25) is 19.2 Å². The molecule has 7 rings (SSSR count). The first-order valence-corrected chi connectivity index (χ1v) is 18.2. The van der Waals surface area contributed by atoms with Crippen LogP contribution in [0, 0.1) is 50.5 Å². The van der Waals surface area contributed by atoms with E-state index in [0.29, 0.717) is 75.9 Å². The number of halogens is 2. The number of fused-ring (bicyclic) bond motifs is 3. The molecule has 4 N–H and O–H groups in total. The van der Waals surface area contributed by atoms with Crippen LogP contribution in [-0.4, -0.2) is 43.9 Å². The molecule has 12 nitrogen and oxygen atoms in total. The molecule has 0 unspecified atom stereocenters. The summed E-state index contributed by atoms with van der Waals surface area (Å²) in [6.45, 7) is 3.29. The molecular weight excluding hydrogens is 727 g/mol. The minimum atomic E-state index is -0.972. The fourth-order valence-electron chi connectivity index (χ4n) is 6.41. The van der Waals surface area contributed by atoms with Crippen LogP contribution in [0.15, 0.2) is 48.5 Å². The van der Waals surface area contributed by atoms with E-state index in [-0.39, 0.29) is 29.8 Å². The van der Waals surface area contributed by atoms with Gasteiger partial charge in [-0.1, -0.05) is 48.7 Å². The van der Waals surface area contributed by atoms with Crippen molar-refractivity contribution in [2.45, 2.75) is 65.2 Å². The van der Waals surface area contributed by atoms with E-state index in [1.54, 1.807) is 26.0 Å². The predicted octanol–water partition coefficient (Wildman–Crippen LogP) is 7.83. The second kappa shape index (κ2) is 15.6. The molecule has 2 aromatic heterocycles. The number of hydrogen-bond donors (Lipinski definition) is 4. The van der Waals surface area contributed by atoms with E-state index in [2.05, 4.69) is 26.7 Å². The van der Waals surface area contributed by atoms with Gasteiger partial charge in [0.1, 0.15) is 44.9 Å². The second-order valence-corrected chi connectivity index (χ2v) is 15.7. The van der Waals surface area contributed by atoms with Crippen LogP contribution in [0.4, 0.5) is 19.0 Å². The van der Waals surface area contributed by atoms with Gasteiger partial charge >= 0.3 is 11.9 Å². The van der Waals surface area contributed by atoms with Gasteiger partial charge in [0.2, 0.25) is 11.8 Å². The van der Waals surface area contributed by atoms with Crippen LogP contribution in [0.1, 0.15) is 75.0 Å². The molecule has 2 bridgehead atoms. The van der Waals surface area contributed by atoms with Crippen molar-refractivity contribution in [3.05, 3.63) is 69.9 Å². The van der Waals surface area contributed by atoms with E-state index in [1.165, 1.54) is 36.4 Å². The largest absolute Gasteiger partial charge is 0.481 e. The number of benzene rings is 2. The molecule has 16 heteroatoms. The molecule has 3 fully saturated rings. The van der Waals surface area contributed by atoms with Gasteiger partial charge < -0.3 is 20.8 Å². The number of thiazole rings is 2. The number of rotatable bonds is 10. The Morgan fingerprint density at radius 3 is 1.83 bits per heavy atom. The molecule has 0 aliphatic heterocycles. The minimum Gasteiger partial charge on any atom is -0.481 e. The lowest BCUT2D eigenvalue weighted by Gasteiger charge is -2.50. The first-order chi connectivity index (χ1) is 25.1. The summed E-state index contributed by atoms with van der Waals surface area (Å²) in [4.78, 5) is 56.8. The molecule has 3 saturated carbocycles. The molecule has 2 heterocycles. The molecule has 3 aliphatic carbocycles. The standard InChI is InChI=1S/C20H18FN3O3S.C17H16FN3O3S/c21-13-3-1-2-12(10-13)15-14(11-22)28-18(23-15)24-16(25)19-4-7-20(8-5-19,9-6-19)17(26)27;1-17(2,8-7-13(22)23)15(24)21-16-20-14(12(9-19)25-16)10-3-5-11(18)6-4-10/h1-3,10H,4-9H2,(H,26,27)(H,23,24,25);3-6H,7-8H2,1-2H3,(H,22,23)(H,20,21,24). The highest BCUT2D eigenvalue weighted by molar-refractivity contribution is 7.17. The Morgan fingerprint density at radius 2 is 1.32 bits per heavy atom. The third-order valence-corrected chi connectivity index (χ3v) is 11.6. The lowest BCUT2D eigenvalue weighted by Crippen LogP contribution is -2.50. The van der Waals surface area contributed by atoms with E-state index < -0.39 is 39.8 Å². The molecule has 0 saturated heterocycles. The zero-order valence-corrected chi connectivity index (χ0v) is 30.3. The van der Waals surface area contributed by atoms with E-state index in [0.717, 1.165) is 22.7 Å². The molecule has 0 radical (unpaired) electrons. The van der Waals surface area contributed by atoms with Gasteiger partial charge in [-0.25, -0.2) is 18.7 Å². The second-order valence-electron chi connectivity index (χ2n) is 13.7. The van der Waals surface area contributed by atoms with Gasteiger partial charge in [0.25, 0.3) is 0 Å². The summed E-state index contributed by atoms with van der Waals surface area (Å²) in [6, 6.07) is 15.4. The number of anilines is 2. The van der Waals surface area contributed by atoms with Crippen LogP contribution in [-0.2, 0) is 19.2 Å². The fraction of sp³-hybridized carbons (Fsp3) is 0.351. The number of amides is 2. The highest BCUT2D eigenvalue weighted by atomic mass is 32.1. The number of hydrogen-bond acceptors (Lipinski definition) is 10. The van der Waals surface area contributed by atoms with Crippen molar-refractivity contribution in [2.75, 3.05) is 10.6 Å². The first-order valence-electron chi connectivity index (χ1n) is 16.5. The van der Waals surface area contributed by atoms with E-state index in [9.17, 15) is 43.6 Å².